The molecule has 0 saturated carbocycles. The summed E-state index contributed by atoms with van der Waals surface area (Å²) < 4.78 is 0. The Morgan fingerprint density at radius 1 is 0.886 bits per heavy atom. The highest BCUT2D eigenvalue weighted by atomic mass is 16.2. The Hall–Kier alpha value is -5.05. The molecule has 5 rings (SSSR count). The van der Waals surface area contributed by atoms with E-state index in [9.17, 15) is 14.4 Å². The molecule has 5 aromatic rings. The Morgan fingerprint density at radius 2 is 1.57 bits per heavy atom. The van der Waals surface area contributed by atoms with Gasteiger partial charge in [0.15, 0.2) is 6.04 Å². The number of hydrazone groups is 1. The van der Waals surface area contributed by atoms with Crippen molar-refractivity contribution in [2.75, 3.05) is 0 Å². The Kier molecular flexibility index (Phi) is 5.87. The highest BCUT2D eigenvalue weighted by Gasteiger charge is 2.27. The van der Waals surface area contributed by atoms with Crippen molar-refractivity contribution in [1.29, 1.82) is 0 Å². The van der Waals surface area contributed by atoms with Gasteiger partial charge in [-0.3, -0.25) is 14.4 Å². The number of para-hydroxylation sites is 1. The van der Waals surface area contributed by atoms with Gasteiger partial charge < -0.3 is 10.3 Å². The number of fused-ring (bicyclic) bond motifs is 2. The van der Waals surface area contributed by atoms with Crippen LogP contribution in [0.1, 0.15) is 27.7 Å². The molecule has 0 unspecified atom stereocenters. The average Bonchev–Trinajstić information content (AvgIpc) is 3.31. The van der Waals surface area contributed by atoms with Crippen molar-refractivity contribution in [2.24, 2.45) is 5.10 Å². The third-order valence-electron chi connectivity index (χ3n) is 5.57. The minimum absolute atomic E-state index is 0.198. The molecule has 172 valence electrons. The van der Waals surface area contributed by atoms with E-state index in [2.05, 4.69) is 31.0 Å². The maximum atomic E-state index is 13.3. The Morgan fingerprint density at radius 3 is 2.37 bits per heavy atom. The van der Waals surface area contributed by atoms with E-state index in [4.69, 9.17) is 0 Å². The molecule has 2 aromatic heterocycles. The lowest BCUT2D eigenvalue weighted by molar-refractivity contribution is -0.123. The molecule has 0 saturated heterocycles. The zero-order valence-corrected chi connectivity index (χ0v) is 18.4. The van der Waals surface area contributed by atoms with Gasteiger partial charge in [-0.1, -0.05) is 54.6 Å². The largest absolute Gasteiger partial charge is 0.361 e. The van der Waals surface area contributed by atoms with Crippen LogP contribution in [0.25, 0.3) is 21.7 Å². The summed E-state index contributed by atoms with van der Waals surface area (Å²) in [6.07, 6.45) is 3.30. The van der Waals surface area contributed by atoms with Crippen LogP contribution in [-0.2, 0) is 4.79 Å². The van der Waals surface area contributed by atoms with Crippen LogP contribution >= 0.6 is 0 Å². The minimum atomic E-state index is -1.22. The zero-order valence-electron chi connectivity index (χ0n) is 18.4. The zero-order chi connectivity index (χ0) is 24.2. The van der Waals surface area contributed by atoms with Gasteiger partial charge in [0.25, 0.3) is 17.4 Å². The number of aromatic nitrogens is 3. The standard InChI is InChI=1S/C26H20N6O3/c33-24(16-8-2-1-3-9-16)29-23(22-19-11-4-5-12-20(19)25(34)32-30-22)26(35)31-28-15-17-14-27-21-13-7-6-10-18(17)21/h1-15,23,27H,(H,29,33)(H,31,35)(H,32,34)/b28-15+/t23-/m1/s1. The van der Waals surface area contributed by atoms with Crippen molar-refractivity contribution in [2.45, 2.75) is 6.04 Å². The molecule has 2 amide bonds. The van der Waals surface area contributed by atoms with Crippen LogP contribution in [0, 0.1) is 0 Å². The quantitative estimate of drug-likeness (QED) is 0.227. The number of aromatic amines is 2. The van der Waals surface area contributed by atoms with Crippen LogP contribution in [0.3, 0.4) is 0 Å². The number of carbonyl (C=O) groups excluding carboxylic acids is 2. The van der Waals surface area contributed by atoms with Crippen LogP contribution < -0.4 is 16.3 Å². The summed E-state index contributed by atoms with van der Waals surface area (Å²) in [5, 5.41) is 15.1. The molecule has 0 aliphatic rings. The number of amides is 2. The molecule has 0 radical (unpaired) electrons. The molecule has 0 aliphatic carbocycles. The maximum Gasteiger partial charge on any atom is 0.272 e. The lowest BCUT2D eigenvalue weighted by Crippen LogP contribution is -2.40. The summed E-state index contributed by atoms with van der Waals surface area (Å²) in [6, 6.07) is 21.8. The average molecular weight is 464 g/mol. The van der Waals surface area contributed by atoms with Crippen molar-refractivity contribution in [3.63, 3.8) is 0 Å². The first-order valence-corrected chi connectivity index (χ1v) is 10.8. The third kappa shape index (κ3) is 4.42. The Labute approximate surface area is 198 Å². The highest BCUT2D eigenvalue weighted by molar-refractivity contribution is 6.01. The number of rotatable bonds is 6. The Bertz CT molecular complexity index is 1620. The smallest absolute Gasteiger partial charge is 0.272 e. The number of H-pyrrole nitrogens is 2. The highest BCUT2D eigenvalue weighted by Crippen LogP contribution is 2.21. The van der Waals surface area contributed by atoms with Gasteiger partial charge in [-0.05, 0) is 24.3 Å². The van der Waals surface area contributed by atoms with E-state index in [1.807, 2.05) is 24.3 Å². The molecule has 0 spiro atoms. The molecule has 3 aromatic carbocycles. The van der Waals surface area contributed by atoms with E-state index < -0.39 is 23.4 Å². The normalized spacial score (nSPS) is 12.1. The lowest BCUT2D eigenvalue weighted by atomic mass is 10.0. The SMILES string of the molecule is O=C(N[C@@H](C(=O)N/N=C/c1c[nH]c2ccccc12)c1n[nH]c(=O)c2ccccc12)c1ccccc1. The fourth-order valence-corrected chi connectivity index (χ4v) is 3.85. The number of nitrogens with zero attached hydrogens (tertiary/aromatic N) is 2. The molecular weight excluding hydrogens is 444 g/mol. The summed E-state index contributed by atoms with van der Waals surface area (Å²) in [7, 11) is 0. The van der Waals surface area contributed by atoms with Gasteiger partial charge in [-0.2, -0.15) is 10.2 Å². The predicted molar refractivity (Wildman–Crippen MR) is 133 cm³/mol. The molecule has 1 atom stereocenters. The molecule has 35 heavy (non-hydrogen) atoms. The van der Waals surface area contributed by atoms with Crippen molar-refractivity contribution >= 4 is 39.7 Å². The van der Waals surface area contributed by atoms with Crippen molar-refractivity contribution in [1.82, 2.24) is 25.9 Å². The van der Waals surface area contributed by atoms with E-state index >= 15 is 0 Å². The second kappa shape index (κ2) is 9.44. The monoisotopic (exact) mass is 464 g/mol. The third-order valence-corrected chi connectivity index (χ3v) is 5.57. The van der Waals surface area contributed by atoms with Gasteiger partial charge in [-0.15, -0.1) is 0 Å². The molecule has 0 fully saturated rings. The van der Waals surface area contributed by atoms with Crippen LogP contribution in [0.2, 0.25) is 0 Å². The molecule has 0 aliphatic heterocycles. The van der Waals surface area contributed by atoms with Crippen molar-refractivity contribution < 1.29 is 9.59 Å². The van der Waals surface area contributed by atoms with Gasteiger partial charge in [0, 0.05) is 33.6 Å². The number of hydrogen-bond acceptors (Lipinski definition) is 5. The number of hydrogen-bond donors (Lipinski definition) is 4. The van der Waals surface area contributed by atoms with Crippen LogP contribution in [0.15, 0.2) is 95.0 Å². The lowest BCUT2D eigenvalue weighted by Gasteiger charge is -2.18. The van der Waals surface area contributed by atoms with E-state index in [1.165, 1.54) is 6.21 Å². The summed E-state index contributed by atoms with van der Waals surface area (Å²) >= 11 is 0. The fourth-order valence-electron chi connectivity index (χ4n) is 3.85. The van der Waals surface area contributed by atoms with Gasteiger partial charge in [0.1, 0.15) is 5.69 Å². The summed E-state index contributed by atoms with van der Waals surface area (Å²) in [4.78, 5) is 41.5. The van der Waals surface area contributed by atoms with E-state index in [1.54, 1.807) is 60.8 Å². The molecule has 2 heterocycles. The molecule has 9 nitrogen and oxygen atoms in total. The van der Waals surface area contributed by atoms with E-state index in [-0.39, 0.29) is 5.69 Å². The fraction of sp³-hybridized carbons (Fsp3) is 0.0385. The number of benzene rings is 3. The number of nitrogens with one attached hydrogen (secondary N) is 4. The van der Waals surface area contributed by atoms with Gasteiger partial charge in [0.05, 0.1) is 11.6 Å². The first kappa shape index (κ1) is 21.8. The van der Waals surface area contributed by atoms with Crippen LogP contribution in [0.4, 0.5) is 0 Å². The van der Waals surface area contributed by atoms with Gasteiger partial charge >= 0.3 is 0 Å². The first-order chi connectivity index (χ1) is 17.1. The molecule has 9 heteroatoms. The van der Waals surface area contributed by atoms with Crippen molar-refractivity contribution in [3.8, 4) is 0 Å². The second-order valence-corrected chi connectivity index (χ2v) is 7.78. The van der Waals surface area contributed by atoms with E-state index in [0.717, 1.165) is 16.5 Å². The topological polar surface area (TPSA) is 132 Å². The second-order valence-electron chi connectivity index (χ2n) is 7.78. The van der Waals surface area contributed by atoms with Crippen molar-refractivity contribution in [3.05, 3.63) is 112 Å². The first-order valence-electron chi connectivity index (χ1n) is 10.8. The summed E-state index contributed by atoms with van der Waals surface area (Å²) in [5.41, 5.74) is 4.40. The Balaban J connectivity index is 1.47. The van der Waals surface area contributed by atoms with Gasteiger partial charge in [-0.25, -0.2) is 10.5 Å². The number of carbonyl (C=O) groups is 2. The summed E-state index contributed by atoms with van der Waals surface area (Å²) in [6.45, 7) is 0. The molecule has 0 bridgehead atoms. The molecular formula is C26H20N6O3. The van der Waals surface area contributed by atoms with Crippen LogP contribution in [-0.4, -0.2) is 33.2 Å². The maximum absolute atomic E-state index is 13.3. The minimum Gasteiger partial charge on any atom is -0.361 e. The summed E-state index contributed by atoms with van der Waals surface area (Å²) in [5.74, 6) is -1.08. The molecule has 4 N–H and O–H groups in total. The van der Waals surface area contributed by atoms with Crippen LogP contribution in [0.5, 0.6) is 0 Å². The van der Waals surface area contributed by atoms with E-state index in [0.29, 0.717) is 16.3 Å². The van der Waals surface area contributed by atoms with Gasteiger partial charge in [0.2, 0.25) is 0 Å². The predicted octanol–water partition coefficient (Wildman–Crippen LogP) is 3.03.